The molecular formula is C27H31N7O. The zero-order chi connectivity index (χ0) is 24.4. The highest BCUT2D eigenvalue weighted by atomic mass is 16.1. The highest BCUT2D eigenvalue weighted by molar-refractivity contribution is 5.94. The van der Waals surface area contributed by atoms with Gasteiger partial charge in [-0.1, -0.05) is 67.8 Å². The van der Waals surface area contributed by atoms with Crippen LogP contribution in [-0.2, 0) is 12.0 Å². The van der Waals surface area contributed by atoms with E-state index in [1.54, 1.807) is 0 Å². The molecule has 1 aliphatic rings. The van der Waals surface area contributed by atoms with Gasteiger partial charge < -0.3 is 0 Å². The molecule has 4 aromatic rings. The van der Waals surface area contributed by atoms with E-state index in [2.05, 4.69) is 71.7 Å². The summed E-state index contributed by atoms with van der Waals surface area (Å²) in [5, 5.41) is 19.0. The van der Waals surface area contributed by atoms with E-state index in [4.69, 9.17) is 10.1 Å². The van der Waals surface area contributed by atoms with Crippen LogP contribution in [0.5, 0.6) is 0 Å². The van der Waals surface area contributed by atoms with Crippen molar-refractivity contribution < 1.29 is 4.79 Å². The fourth-order valence-electron chi connectivity index (χ4n) is 4.85. The third-order valence-corrected chi connectivity index (χ3v) is 6.66. The van der Waals surface area contributed by atoms with Gasteiger partial charge in [-0.2, -0.15) is 0 Å². The first-order valence-corrected chi connectivity index (χ1v) is 12.3. The van der Waals surface area contributed by atoms with Gasteiger partial charge in [-0.3, -0.25) is 4.79 Å². The van der Waals surface area contributed by atoms with Crippen molar-refractivity contribution in [3.8, 4) is 22.5 Å². The molecule has 1 fully saturated rings. The molecule has 2 aromatic carbocycles. The summed E-state index contributed by atoms with van der Waals surface area (Å²) in [6, 6.07) is 16.5. The lowest BCUT2D eigenvalue weighted by Crippen LogP contribution is -2.26. The van der Waals surface area contributed by atoms with Crippen molar-refractivity contribution in [2.45, 2.75) is 64.8 Å². The maximum absolute atomic E-state index is 13.1. The average molecular weight is 470 g/mol. The van der Waals surface area contributed by atoms with E-state index in [9.17, 15) is 4.79 Å². The number of aromatic nitrogens is 7. The normalized spacial score (nSPS) is 14.8. The summed E-state index contributed by atoms with van der Waals surface area (Å²) in [6.45, 7) is 6.29. The Hall–Kier alpha value is -3.68. The van der Waals surface area contributed by atoms with E-state index in [-0.39, 0.29) is 17.2 Å². The summed E-state index contributed by atoms with van der Waals surface area (Å²) in [5.74, 6) is 1.98. The Morgan fingerprint density at radius 3 is 2.37 bits per heavy atom. The van der Waals surface area contributed by atoms with Crippen molar-refractivity contribution in [1.29, 1.82) is 0 Å². The van der Waals surface area contributed by atoms with Gasteiger partial charge >= 0.3 is 0 Å². The maximum atomic E-state index is 13.1. The van der Waals surface area contributed by atoms with Crippen LogP contribution in [0.4, 0.5) is 0 Å². The molecular weight excluding hydrogens is 438 g/mol. The number of aromatic amines is 1. The zero-order valence-electron chi connectivity index (χ0n) is 20.5. The molecule has 0 spiro atoms. The summed E-state index contributed by atoms with van der Waals surface area (Å²) in [4.78, 5) is 17.9. The highest BCUT2D eigenvalue weighted by Crippen LogP contribution is 2.31. The predicted molar refractivity (Wildman–Crippen MR) is 134 cm³/mol. The van der Waals surface area contributed by atoms with Crippen LogP contribution in [0.15, 0.2) is 48.5 Å². The summed E-state index contributed by atoms with van der Waals surface area (Å²) >= 11 is 0. The molecule has 1 N–H and O–H groups in total. The number of carbonyl (C=O) groups is 1. The molecule has 0 unspecified atom stereocenters. The molecule has 8 heteroatoms. The first-order valence-electron chi connectivity index (χ1n) is 12.3. The highest BCUT2D eigenvalue weighted by Gasteiger charge is 2.29. The minimum atomic E-state index is -0.266. The molecule has 0 amide bonds. The van der Waals surface area contributed by atoms with Gasteiger partial charge in [-0.05, 0) is 60.7 Å². The van der Waals surface area contributed by atoms with Gasteiger partial charge in [-0.15, -0.1) is 10.2 Å². The molecule has 0 atom stereocenters. The molecule has 0 radical (unpaired) electrons. The van der Waals surface area contributed by atoms with Crippen LogP contribution in [0, 0.1) is 5.92 Å². The Morgan fingerprint density at radius 1 is 1.00 bits per heavy atom. The minimum absolute atomic E-state index is 0.0614. The third kappa shape index (κ3) is 4.92. The fourth-order valence-corrected chi connectivity index (χ4v) is 4.85. The minimum Gasteiger partial charge on any atom is -0.290 e. The van der Waals surface area contributed by atoms with E-state index in [0.717, 1.165) is 53.8 Å². The number of hydrogen-bond donors (Lipinski definition) is 1. The Morgan fingerprint density at radius 2 is 1.71 bits per heavy atom. The lowest BCUT2D eigenvalue weighted by Gasteiger charge is -2.21. The van der Waals surface area contributed by atoms with Gasteiger partial charge in [0.05, 0.1) is 5.54 Å². The van der Waals surface area contributed by atoms with Gasteiger partial charge in [0.1, 0.15) is 5.82 Å². The number of nitrogens with zero attached hydrogens (tertiary/aromatic N) is 6. The number of H-pyrrole nitrogens is 1. The van der Waals surface area contributed by atoms with E-state index in [0.29, 0.717) is 18.1 Å². The Kier molecular flexibility index (Phi) is 6.28. The second-order valence-electron chi connectivity index (χ2n) is 10.3. The summed E-state index contributed by atoms with van der Waals surface area (Å²) in [7, 11) is 0. The quantitative estimate of drug-likeness (QED) is 0.388. The number of hydrogen-bond acceptors (Lipinski definition) is 6. The summed E-state index contributed by atoms with van der Waals surface area (Å²) < 4.78 is 1.92. The third-order valence-electron chi connectivity index (χ3n) is 6.66. The number of Topliss-reactive ketones (excluding diaryl/α,β-unsaturated/α-hetero) is 1. The van der Waals surface area contributed by atoms with E-state index >= 15 is 0 Å². The SMILES string of the molecule is CC(C)(C)n1nc(C(=O)C2CCCCC2)nc1Cc1ccc(-c2ccccc2-c2nnn[nH]2)cc1. The lowest BCUT2D eigenvalue weighted by molar-refractivity contribution is 0.0877. The average Bonchev–Trinajstić information content (AvgIpc) is 3.55. The smallest absolute Gasteiger partial charge is 0.217 e. The number of carbonyl (C=O) groups excluding carboxylic acids is 1. The zero-order valence-corrected chi connectivity index (χ0v) is 20.5. The van der Waals surface area contributed by atoms with Crippen LogP contribution < -0.4 is 0 Å². The summed E-state index contributed by atoms with van der Waals surface area (Å²) in [5.41, 5.74) is 3.92. The van der Waals surface area contributed by atoms with Crippen molar-refractivity contribution in [2.24, 2.45) is 5.92 Å². The Balaban J connectivity index is 1.41. The number of ketones is 1. The largest absolute Gasteiger partial charge is 0.290 e. The second kappa shape index (κ2) is 9.52. The predicted octanol–water partition coefficient (Wildman–Crippen LogP) is 5.23. The molecule has 180 valence electrons. The summed E-state index contributed by atoms with van der Waals surface area (Å²) in [6.07, 6.45) is 5.96. The Labute approximate surface area is 205 Å². The van der Waals surface area contributed by atoms with Crippen LogP contribution in [0.2, 0.25) is 0 Å². The van der Waals surface area contributed by atoms with Crippen LogP contribution >= 0.6 is 0 Å². The van der Waals surface area contributed by atoms with Gasteiger partial charge in [0, 0.05) is 17.9 Å². The van der Waals surface area contributed by atoms with E-state index in [1.165, 1.54) is 6.42 Å². The van der Waals surface area contributed by atoms with Crippen molar-refractivity contribution in [2.75, 3.05) is 0 Å². The molecule has 35 heavy (non-hydrogen) atoms. The Bertz CT molecular complexity index is 1290. The van der Waals surface area contributed by atoms with Crippen LogP contribution in [0.3, 0.4) is 0 Å². The fraction of sp³-hybridized carbons (Fsp3) is 0.407. The van der Waals surface area contributed by atoms with Crippen LogP contribution in [0.1, 0.15) is 74.9 Å². The number of nitrogens with one attached hydrogen (secondary N) is 1. The van der Waals surface area contributed by atoms with Crippen LogP contribution in [0.25, 0.3) is 22.5 Å². The first-order chi connectivity index (χ1) is 16.9. The standard InChI is InChI=1S/C27H31N7O/c1-27(2,3)34-23(28-26(31-34)24(35)20-9-5-4-6-10-20)17-18-13-15-19(16-14-18)21-11-7-8-12-22(21)25-29-32-33-30-25/h7-8,11-16,20H,4-6,9-10,17H2,1-3H3,(H,29,30,32,33). The van der Waals surface area contributed by atoms with Gasteiger partial charge in [0.25, 0.3) is 0 Å². The van der Waals surface area contributed by atoms with Gasteiger partial charge in [0.2, 0.25) is 11.6 Å². The van der Waals surface area contributed by atoms with Crippen molar-refractivity contribution >= 4 is 5.78 Å². The molecule has 2 heterocycles. The molecule has 0 bridgehead atoms. The molecule has 5 rings (SSSR count). The molecule has 2 aromatic heterocycles. The van der Waals surface area contributed by atoms with E-state index < -0.39 is 0 Å². The number of tetrazole rings is 1. The molecule has 0 aliphatic heterocycles. The van der Waals surface area contributed by atoms with Crippen molar-refractivity contribution in [1.82, 2.24) is 35.4 Å². The van der Waals surface area contributed by atoms with Crippen LogP contribution in [-0.4, -0.2) is 41.2 Å². The lowest BCUT2D eigenvalue weighted by atomic mass is 9.86. The molecule has 0 saturated heterocycles. The molecule has 8 nitrogen and oxygen atoms in total. The van der Waals surface area contributed by atoms with Crippen molar-refractivity contribution in [3.05, 3.63) is 65.7 Å². The second-order valence-corrected chi connectivity index (χ2v) is 10.3. The van der Waals surface area contributed by atoms with E-state index in [1.807, 2.05) is 22.9 Å². The van der Waals surface area contributed by atoms with Gasteiger partial charge in [-0.25, -0.2) is 14.8 Å². The monoisotopic (exact) mass is 469 g/mol. The van der Waals surface area contributed by atoms with Crippen molar-refractivity contribution in [3.63, 3.8) is 0 Å². The first kappa shape index (κ1) is 23.1. The number of benzene rings is 2. The maximum Gasteiger partial charge on any atom is 0.217 e. The number of rotatable bonds is 6. The molecule has 1 aliphatic carbocycles. The topological polar surface area (TPSA) is 102 Å². The molecule has 1 saturated carbocycles. The van der Waals surface area contributed by atoms with Gasteiger partial charge in [0.15, 0.2) is 5.82 Å².